The molecule has 0 radical (unpaired) electrons. The van der Waals surface area contributed by atoms with Crippen molar-refractivity contribution < 1.29 is 19.1 Å². The molecule has 1 amide bonds. The molecule has 1 unspecified atom stereocenters. The van der Waals surface area contributed by atoms with Gasteiger partial charge in [0.25, 0.3) is 5.91 Å². The summed E-state index contributed by atoms with van der Waals surface area (Å²) in [5.41, 5.74) is 4.79. The van der Waals surface area contributed by atoms with Gasteiger partial charge in [0.05, 0.1) is 11.8 Å². The molecule has 0 spiro atoms. The summed E-state index contributed by atoms with van der Waals surface area (Å²) in [6.45, 7) is 4.17. The van der Waals surface area contributed by atoms with Crippen molar-refractivity contribution in [2.45, 2.75) is 26.2 Å². The second-order valence-electron chi connectivity index (χ2n) is 7.43. The normalized spacial score (nSPS) is 11.7. The van der Waals surface area contributed by atoms with E-state index in [4.69, 9.17) is 21.1 Å². The molecule has 3 aromatic rings. The van der Waals surface area contributed by atoms with Crippen LogP contribution in [0.2, 0.25) is 5.02 Å². The van der Waals surface area contributed by atoms with Gasteiger partial charge in [0.2, 0.25) is 0 Å². The van der Waals surface area contributed by atoms with Crippen LogP contribution in [0, 0.1) is 0 Å². The fourth-order valence-electron chi connectivity index (χ4n) is 2.86. The van der Waals surface area contributed by atoms with Gasteiger partial charge in [0, 0.05) is 5.02 Å². The number of hydrogen-bond acceptors (Lipinski definition) is 5. The molecular weight excluding hydrogens is 440 g/mol. The maximum atomic E-state index is 12.1. The second kappa shape index (κ2) is 11.8. The van der Waals surface area contributed by atoms with Gasteiger partial charge in [-0.25, -0.2) is 10.2 Å². The summed E-state index contributed by atoms with van der Waals surface area (Å²) in [4.78, 5) is 24.1. The summed E-state index contributed by atoms with van der Waals surface area (Å²) in [5, 5.41) is 4.47. The number of hydrazone groups is 1. The first kappa shape index (κ1) is 24.0. The number of benzene rings is 3. The van der Waals surface area contributed by atoms with Gasteiger partial charge in [-0.15, -0.1) is 0 Å². The molecule has 0 aliphatic carbocycles. The van der Waals surface area contributed by atoms with Crippen molar-refractivity contribution in [3.05, 3.63) is 94.5 Å². The van der Waals surface area contributed by atoms with Crippen molar-refractivity contribution in [1.82, 2.24) is 5.43 Å². The van der Waals surface area contributed by atoms with Crippen LogP contribution in [0.4, 0.5) is 0 Å². The molecule has 170 valence electrons. The van der Waals surface area contributed by atoms with Crippen LogP contribution in [-0.4, -0.2) is 24.7 Å². The Balaban J connectivity index is 1.43. The van der Waals surface area contributed by atoms with Crippen molar-refractivity contribution in [2.75, 3.05) is 6.61 Å². The molecule has 0 aliphatic heterocycles. The number of hydrogen-bond donors (Lipinski definition) is 1. The predicted molar refractivity (Wildman–Crippen MR) is 129 cm³/mol. The van der Waals surface area contributed by atoms with Crippen molar-refractivity contribution in [3.8, 4) is 11.5 Å². The van der Waals surface area contributed by atoms with E-state index in [1.165, 1.54) is 11.8 Å². The minimum Gasteiger partial charge on any atom is -0.484 e. The fraction of sp³-hybridized carbons (Fsp3) is 0.192. The molecule has 6 nitrogen and oxygen atoms in total. The van der Waals surface area contributed by atoms with Crippen molar-refractivity contribution in [1.29, 1.82) is 0 Å². The number of esters is 1. The van der Waals surface area contributed by atoms with Gasteiger partial charge in [-0.3, -0.25) is 4.79 Å². The van der Waals surface area contributed by atoms with E-state index in [-0.39, 0.29) is 12.5 Å². The van der Waals surface area contributed by atoms with Crippen molar-refractivity contribution in [2.24, 2.45) is 5.10 Å². The molecular formula is C26H25ClN2O4. The minimum atomic E-state index is -0.477. The number of nitrogens with one attached hydrogen (secondary N) is 1. The second-order valence-corrected chi connectivity index (χ2v) is 7.86. The van der Waals surface area contributed by atoms with E-state index in [0.717, 1.165) is 12.0 Å². The monoisotopic (exact) mass is 464 g/mol. The SMILES string of the molecule is CCC(C)c1ccc(OCC(=O)NN=Cc2ccc(OC(=O)c3ccc(Cl)cc3)cc2)cc1. The Morgan fingerprint density at radius 2 is 1.61 bits per heavy atom. The van der Waals surface area contributed by atoms with Crippen molar-refractivity contribution >= 4 is 29.7 Å². The Labute approximate surface area is 198 Å². The van der Waals surface area contributed by atoms with Crippen LogP contribution in [0.15, 0.2) is 77.9 Å². The number of halogens is 1. The highest BCUT2D eigenvalue weighted by Gasteiger charge is 2.08. The lowest BCUT2D eigenvalue weighted by Crippen LogP contribution is -2.24. The summed E-state index contributed by atoms with van der Waals surface area (Å²) < 4.78 is 10.8. The average Bonchev–Trinajstić information content (AvgIpc) is 2.84. The first-order valence-corrected chi connectivity index (χ1v) is 10.9. The van der Waals surface area contributed by atoms with Crippen LogP contribution < -0.4 is 14.9 Å². The van der Waals surface area contributed by atoms with Gasteiger partial charge in [0.1, 0.15) is 11.5 Å². The van der Waals surface area contributed by atoms with Gasteiger partial charge < -0.3 is 9.47 Å². The van der Waals surface area contributed by atoms with E-state index in [9.17, 15) is 9.59 Å². The van der Waals surface area contributed by atoms with Crippen LogP contribution >= 0.6 is 11.6 Å². The Bertz CT molecular complexity index is 1090. The molecule has 3 aromatic carbocycles. The number of ether oxygens (including phenoxy) is 2. The lowest BCUT2D eigenvalue weighted by atomic mass is 9.99. The Kier molecular flexibility index (Phi) is 8.61. The maximum absolute atomic E-state index is 12.1. The molecule has 0 saturated carbocycles. The summed E-state index contributed by atoms with van der Waals surface area (Å²) in [6, 6.07) is 20.9. The lowest BCUT2D eigenvalue weighted by molar-refractivity contribution is -0.123. The molecule has 1 N–H and O–H groups in total. The third-order valence-corrected chi connectivity index (χ3v) is 5.26. The highest BCUT2D eigenvalue weighted by molar-refractivity contribution is 6.30. The number of carbonyl (C=O) groups excluding carboxylic acids is 2. The largest absolute Gasteiger partial charge is 0.484 e. The first-order chi connectivity index (χ1) is 15.9. The first-order valence-electron chi connectivity index (χ1n) is 10.6. The van der Waals surface area contributed by atoms with Gasteiger partial charge in [-0.1, -0.05) is 37.6 Å². The molecule has 0 aliphatic rings. The zero-order chi connectivity index (χ0) is 23.6. The molecule has 0 saturated heterocycles. The van der Waals surface area contributed by atoms with Crippen LogP contribution in [0.1, 0.15) is 47.7 Å². The topological polar surface area (TPSA) is 77.0 Å². The third kappa shape index (κ3) is 7.47. The number of amides is 1. The standard InChI is InChI=1S/C26H25ClN2O4/c1-3-18(2)20-8-14-23(15-9-20)32-17-25(30)29-28-16-19-4-12-24(13-5-19)33-26(31)21-6-10-22(27)11-7-21/h4-16,18H,3,17H2,1-2H3,(H,29,30). The third-order valence-electron chi connectivity index (χ3n) is 5.00. The highest BCUT2D eigenvalue weighted by atomic mass is 35.5. The van der Waals surface area contributed by atoms with E-state index in [2.05, 4.69) is 24.4 Å². The summed E-state index contributed by atoms with van der Waals surface area (Å²) in [7, 11) is 0. The molecule has 0 aromatic heterocycles. The number of nitrogens with zero attached hydrogens (tertiary/aromatic N) is 1. The van der Waals surface area contributed by atoms with Crippen LogP contribution in [-0.2, 0) is 4.79 Å². The zero-order valence-electron chi connectivity index (χ0n) is 18.5. The Hall–Kier alpha value is -3.64. The zero-order valence-corrected chi connectivity index (χ0v) is 19.2. The molecule has 0 heterocycles. The van der Waals surface area contributed by atoms with E-state index in [1.807, 2.05) is 24.3 Å². The van der Waals surface area contributed by atoms with Gasteiger partial charge in [0.15, 0.2) is 6.61 Å². The fourth-order valence-corrected chi connectivity index (χ4v) is 2.99. The number of rotatable bonds is 9. The quantitative estimate of drug-likeness (QED) is 0.193. The van der Waals surface area contributed by atoms with Crippen LogP contribution in [0.5, 0.6) is 11.5 Å². The smallest absolute Gasteiger partial charge is 0.343 e. The Morgan fingerprint density at radius 1 is 0.970 bits per heavy atom. The molecule has 33 heavy (non-hydrogen) atoms. The van der Waals surface area contributed by atoms with Gasteiger partial charge in [-0.05, 0) is 84.1 Å². The molecule has 0 bridgehead atoms. The summed E-state index contributed by atoms with van der Waals surface area (Å²) >= 11 is 5.82. The maximum Gasteiger partial charge on any atom is 0.343 e. The average molecular weight is 465 g/mol. The van der Waals surface area contributed by atoms with E-state index < -0.39 is 5.97 Å². The molecule has 3 rings (SSSR count). The van der Waals surface area contributed by atoms with Gasteiger partial charge in [-0.2, -0.15) is 5.10 Å². The summed E-state index contributed by atoms with van der Waals surface area (Å²) in [6.07, 6.45) is 2.56. The van der Waals surface area contributed by atoms with E-state index >= 15 is 0 Å². The van der Waals surface area contributed by atoms with Gasteiger partial charge >= 0.3 is 5.97 Å². The minimum absolute atomic E-state index is 0.139. The molecule has 0 fully saturated rings. The molecule has 7 heteroatoms. The van der Waals surface area contributed by atoms with E-state index in [0.29, 0.717) is 28.0 Å². The van der Waals surface area contributed by atoms with Crippen LogP contribution in [0.3, 0.4) is 0 Å². The summed E-state index contributed by atoms with van der Waals surface area (Å²) in [5.74, 6) is 0.663. The Morgan fingerprint density at radius 3 is 2.24 bits per heavy atom. The van der Waals surface area contributed by atoms with Crippen LogP contribution in [0.25, 0.3) is 0 Å². The van der Waals surface area contributed by atoms with E-state index in [1.54, 1.807) is 48.5 Å². The van der Waals surface area contributed by atoms with Crippen molar-refractivity contribution in [3.63, 3.8) is 0 Å². The molecule has 1 atom stereocenters. The predicted octanol–water partition coefficient (Wildman–Crippen LogP) is 5.60. The lowest BCUT2D eigenvalue weighted by Gasteiger charge is -2.10. The number of carbonyl (C=O) groups is 2. The highest BCUT2D eigenvalue weighted by Crippen LogP contribution is 2.21.